The molecule has 11 heteroatoms. The average Bonchev–Trinajstić information content (AvgIpc) is 3.64. The first-order chi connectivity index (χ1) is 21.3. The lowest BCUT2D eigenvalue weighted by atomic mass is 9.32. The van der Waals surface area contributed by atoms with Crippen molar-refractivity contribution < 1.29 is 52.8 Å². The van der Waals surface area contributed by atoms with Crippen molar-refractivity contribution in [3.05, 3.63) is 47.0 Å². The third-order valence-electron chi connectivity index (χ3n) is 13.4. The highest BCUT2D eigenvalue weighted by molar-refractivity contribution is 6.13. The summed E-state index contributed by atoms with van der Waals surface area (Å²) in [6.07, 6.45) is 3.53. The van der Waals surface area contributed by atoms with Gasteiger partial charge in [0.1, 0.15) is 6.10 Å². The monoisotopic (exact) mass is 638 g/mol. The van der Waals surface area contributed by atoms with Crippen LogP contribution in [0.15, 0.2) is 45.8 Å². The summed E-state index contributed by atoms with van der Waals surface area (Å²) >= 11 is 0. The van der Waals surface area contributed by atoms with Crippen molar-refractivity contribution in [3.8, 4) is 0 Å². The fourth-order valence-corrected chi connectivity index (χ4v) is 10.9. The van der Waals surface area contributed by atoms with Gasteiger partial charge in [0.15, 0.2) is 11.6 Å². The van der Waals surface area contributed by atoms with E-state index in [1.165, 1.54) is 19.6 Å². The van der Waals surface area contributed by atoms with E-state index in [2.05, 4.69) is 0 Å². The second-order valence-corrected chi connectivity index (χ2v) is 14.8. The number of hydrogen-bond acceptors (Lipinski definition) is 11. The SMILES string of the molecule is C/C=C(\C)C(=O)[C@@]12C[C@@]3(C)C(=O)[C@]1(O)[C@](O)(OC(C)=O)C1=C4CC(=O)O[C@@H](c5ccoc5)[C@]4(C)CC[C@@H]1[C@]2(C)[C@@]3(C)CC(=O)OC. The Morgan fingerprint density at radius 2 is 1.78 bits per heavy atom. The Bertz CT molecular complexity index is 1650. The lowest BCUT2D eigenvalue weighted by Crippen LogP contribution is -2.83. The Morgan fingerprint density at radius 3 is 2.35 bits per heavy atom. The summed E-state index contributed by atoms with van der Waals surface area (Å²) < 4.78 is 22.1. The molecule has 2 heterocycles. The van der Waals surface area contributed by atoms with Crippen LogP contribution < -0.4 is 0 Å². The summed E-state index contributed by atoms with van der Waals surface area (Å²) in [7, 11) is 1.25. The lowest BCUT2D eigenvalue weighted by Gasteiger charge is -2.71. The maximum absolute atomic E-state index is 15.0. The molecule has 248 valence electrons. The summed E-state index contributed by atoms with van der Waals surface area (Å²) in [6.45, 7) is 11.3. The number of ketones is 2. The maximum atomic E-state index is 15.0. The number of carbonyl (C=O) groups is 5. The number of rotatable bonds is 6. The van der Waals surface area contributed by atoms with Crippen LogP contribution in [0.25, 0.3) is 0 Å². The second kappa shape index (κ2) is 9.50. The van der Waals surface area contributed by atoms with E-state index >= 15 is 4.79 Å². The predicted molar refractivity (Wildman–Crippen MR) is 159 cm³/mol. The summed E-state index contributed by atoms with van der Waals surface area (Å²) in [6, 6.07) is 1.67. The van der Waals surface area contributed by atoms with E-state index in [0.717, 1.165) is 6.92 Å². The minimum atomic E-state index is -3.02. The van der Waals surface area contributed by atoms with E-state index in [0.29, 0.717) is 17.6 Å². The normalized spacial score (nSPS) is 44.3. The van der Waals surface area contributed by atoms with Gasteiger partial charge in [-0.05, 0) is 67.1 Å². The number of esters is 3. The zero-order chi connectivity index (χ0) is 34.0. The van der Waals surface area contributed by atoms with Crippen molar-refractivity contribution in [1.29, 1.82) is 0 Å². The Kier molecular flexibility index (Phi) is 6.69. The molecule has 11 nitrogen and oxygen atoms in total. The highest BCUT2D eigenvalue weighted by Gasteiger charge is 2.97. The van der Waals surface area contributed by atoms with Crippen LogP contribution >= 0.6 is 0 Å². The average molecular weight is 639 g/mol. The smallest absolute Gasteiger partial charge is 0.310 e. The first-order valence-corrected chi connectivity index (χ1v) is 15.7. The number of carbonyl (C=O) groups excluding carboxylic acids is 5. The third-order valence-corrected chi connectivity index (χ3v) is 13.4. The van der Waals surface area contributed by atoms with Crippen LogP contribution in [0.1, 0.15) is 92.2 Å². The summed E-state index contributed by atoms with van der Waals surface area (Å²) in [5.41, 5.74) is -9.02. The molecule has 0 unspecified atom stereocenters. The lowest BCUT2D eigenvalue weighted by molar-refractivity contribution is -0.331. The van der Waals surface area contributed by atoms with Gasteiger partial charge in [0.05, 0.1) is 37.9 Å². The largest absolute Gasteiger partial charge is 0.472 e. The number of ether oxygens (including phenoxy) is 3. The van der Waals surface area contributed by atoms with Crippen molar-refractivity contribution in [1.82, 2.24) is 0 Å². The zero-order valence-electron chi connectivity index (χ0n) is 27.6. The minimum Gasteiger partial charge on any atom is -0.472 e. The number of cyclic esters (lactones) is 1. The Balaban J connectivity index is 1.78. The van der Waals surface area contributed by atoms with Crippen molar-refractivity contribution >= 4 is 29.5 Å². The number of fused-ring (bicyclic) bond motifs is 4. The van der Waals surface area contributed by atoms with Crippen molar-refractivity contribution in [2.45, 2.75) is 98.1 Å². The molecule has 0 radical (unpaired) electrons. The number of allylic oxidation sites excluding steroid dienone is 2. The van der Waals surface area contributed by atoms with Crippen LogP contribution in [0, 0.1) is 33.0 Å². The molecule has 4 fully saturated rings. The molecule has 1 aromatic rings. The number of hydrogen-bond donors (Lipinski definition) is 2. The molecule has 2 bridgehead atoms. The molecule has 6 rings (SSSR count). The van der Waals surface area contributed by atoms with Gasteiger partial charge in [0, 0.05) is 28.9 Å². The molecular formula is C35H42O11. The highest BCUT2D eigenvalue weighted by Crippen LogP contribution is 2.88. The molecule has 4 aliphatic carbocycles. The van der Waals surface area contributed by atoms with E-state index in [1.807, 2.05) is 6.92 Å². The molecule has 0 spiro atoms. The van der Waals surface area contributed by atoms with Crippen molar-refractivity contribution in [3.63, 3.8) is 0 Å². The van der Waals surface area contributed by atoms with Crippen LogP contribution in [0.4, 0.5) is 0 Å². The Morgan fingerprint density at radius 1 is 1.11 bits per heavy atom. The molecule has 2 N–H and O–H groups in total. The quantitative estimate of drug-likeness (QED) is 0.152. The van der Waals surface area contributed by atoms with Crippen LogP contribution in [-0.2, 0) is 38.2 Å². The first-order valence-electron chi connectivity index (χ1n) is 15.7. The topological polar surface area (TPSA) is 167 Å². The predicted octanol–water partition coefficient (Wildman–Crippen LogP) is 4.07. The van der Waals surface area contributed by atoms with Gasteiger partial charge in [-0.1, -0.05) is 33.8 Å². The fourth-order valence-electron chi connectivity index (χ4n) is 10.9. The molecule has 0 amide bonds. The van der Waals surface area contributed by atoms with Gasteiger partial charge in [-0.2, -0.15) is 0 Å². The molecular weight excluding hydrogens is 596 g/mol. The van der Waals surface area contributed by atoms with Crippen LogP contribution in [0.3, 0.4) is 0 Å². The molecule has 46 heavy (non-hydrogen) atoms. The Hall–Kier alpha value is -3.57. The number of aliphatic hydroxyl groups is 2. The zero-order valence-corrected chi connectivity index (χ0v) is 27.6. The second-order valence-electron chi connectivity index (χ2n) is 14.8. The maximum Gasteiger partial charge on any atom is 0.310 e. The number of furan rings is 1. The molecule has 0 aromatic carbocycles. The van der Waals surface area contributed by atoms with Gasteiger partial charge in [-0.15, -0.1) is 0 Å². The van der Waals surface area contributed by atoms with E-state index in [1.54, 1.807) is 46.8 Å². The third kappa shape index (κ3) is 3.19. The van der Waals surface area contributed by atoms with E-state index in [4.69, 9.17) is 18.6 Å². The minimum absolute atomic E-state index is 0.0153. The summed E-state index contributed by atoms with van der Waals surface area (Å²) in [5, 5.41) is 26.2. The van der Waals surface area contributed by atoms with E-state index in [-0.39, 0.29) is 36.8 Å². The summed E-state index contributed by atoms with van der Waals surface area (Å²) in [5.74, 6) is -7.55. The fraction of sp³-hybridized carbons (Fsp3) is 0.629. The van der Waals surface area contributed by atoms with Crippen LogP contribution in [0.5, 0.6) is 0 Å². The molecule has 9 atom stereocenters. The van der Waals surface area contributed by atoms with Crippen LogP contribution in [0.2, 0.25) is 0 Å². The van der Waals surface area contributed by atoms with Gasteiger partial charge < -0.3 is 28.8 Å². The highest BCUT2D eigenvalue weighted by atomic mass is 16.7. The molecule has 1 saturated heterocycles. The van der Waals surface area contributed by atoms with Gasteiger partial charge in [0.25, 0.3) is 5.79 Å². The van der Waals surface area contributed by atoms with Crippen molar-refractivity contribution in [2.24, 2.45) is 33.0 Å². The van der Waals surface area contributed by atoms with E-state index in [9.17, 15) is 29.4 Å². The van der Waals surface area contributed by atoms with Gasteiger partial charge in [-0.25, -0.2) is 0 Å². The number of Topliss-reactive ketones (excluding diaryl/α,β-unsaturated/α-hetero) is 2. The van der Waals surface area contributed by atoms with Crippen LogP contribution in [-0.4, -0.2) is 58.2 Å². The first kappa shape index (κ1) is 32.4. The van der Waals surface area contributed by atoms with Gasteiger partial charge in [0.2, 0.25) is 5.60 Å². The van der Waals surface area contributed by atoms with Crippen molar-refractivity contribution in [2.75, 3.05) is 7.11 Å². The van der Waals surface area contributed by atoms with Gasteiger partial charge in [-0.3, -0.25) is 24.0 Å². The molecule has 5 aliphatic rings. The Labute approximate surface area is 267 Å². The molecule has 1 aliphatic heterocycles. The van der Waals surface area contributed by atoms with Gasteiger partial charge >= 0.3 is 17.9 Å². The molecule has 1 aromatic heterocycles. The standard InChI is InChI=1S/C35H42O11/c1-9-18(2)26(39)33-17-30(5)28(40)34(33,41)35(42,46-19(3)36)25-21(32(33,7)31(30,6)15-24(38)43-8)10-12-29(4)22(25)14-23(37)45-27(29)20-11-13-44-16-20/h9,11,13,16,21,27,41-42H,10,12,14-15,17H2,1-8H3/b18-9+/t21-,27-,29+,30-,31-,32+,33+,34+,35+/m0/s1. The summed E-state index contributed by atoms with van der Waals surface area (Å²) in [4.78, 5) is 69.4. The number of methoxy groups -OCH3 is 1. The van der Waals surface area contributed by atoms with E-state index < -0.39 is 80.0 Å². The molecule has 3 saturated carbocycles.